The maximum absolute atomic E-state index is 13.0. The lowest BCUT2D eigenvalue weighted by molar-refractivity contribution is 0.102. The molecule has 0 aliphatic heterocycles. The lowest BCUT2D eigenvalue weighted by Crippen LogP contribution is -2.13. The summed E-state index contributed by atoms with van der Waals surface area (Å²) in [5.74, 6) is -0.306. The summed E-state index contributed by atoms with van der Waals surface area (Å²) in [6.45, 7) is 1.98. The molecule has 0 saturated heterocycles. The Hall–Kier alpha value is -2.25. The number of benzene rings is 2. The van der Waals surface area contributed by atoms with Crippen LogP contribution < -0.4 is 5.32 Å². The molecule has 0 radical (unpaired) electrons. The van der Waals surface area contributed by atoms with Gasteiger partial charge in [-0.3, -0.25) is 10.1 Å². The third-order valence-corrected chi connectivity index (χ3v) is 6.54. The van der Waals surface area contributed by atoms with Crippen molar-refractivity contribution in [3.8, 4) is 11.3 Å². The van der Waals surface area contributed by atoms with Gasteiger partial charge in [0.05, 0.1) is 31.8 Å². The highest BCUT2D eigenvalue weighted by Crippen LogP contribution is 2.38. The van der Waals surface area contributed by atoms with Gasteiger partial charge in [-0.05, 0) is 30.7 Å². The molecule has 146 valence electrons. The average Bonchev–Trinajstić information content (AvgIpc) is 3.19. The number of nitrogens with one attached hydrogen (secondary N) is 1. The molecule has 0 aliphatic rings. The van der Waals surface area contributed by atoms with Gasteiger partial charge in [-0.25, -0.2) is 4.98 Å². The molecular formula is C20H13Cl3N4OS. The van der Waals surface area contributed by atoms with Crippen molar-refractivity contribution in [2.45, 2.75) is 13.3 Å². The predicted octanol–water partition coefficient (Wildman–Crippen LogP) is 6.53. The molecule has 0 spiro atoms. The number of amides is 1. The molecule has 0 saturated carbocycles. The third kappa shape index (κ3) is 3.94. The van der Waals surface area contributed by atoms with Crippen molar-refractivity contribution < 1.29 is 4.79 Å². The Morgan fingerprint density at radius 2 is 1.86 bits per heavy atom. The fourth-order valence-corrected chi connectivity index (χ4v) is 4.14. The van der Waals surface area contributed by atoms with E-state index in [0.29, 0.717) is 37.9 Å². The van der Waals surface area contributed by atoms with E-state index in [-0.39, 0.29) is 16.0 Å². The van der Waals surface area contributed by atoms with Crippen molar-refractivity contribution in [1.29, 1.82) is 0 Å². The third-order valence-electron chi connectivity index (χ3n) is 4.26. The molecule has 4 aromatic rings. The molecule has 5 nitrogen and oxygen atoms in total. The highest BCUT2D eigenvalue weighted by molar-refractivity contribution is 7.15. The van der Waals surface area contributed by atoms with Gasteiger partial charge in [-0.1, -0.05) is 71.3 Å². The molecule has 4 rings (SSSR count). The summed E-state index contributed by atoms with van der Waals surface area (Å²) in [6, 6.07) is 12.5. The number of carbonyl (C=O) groups is 1. The monoisotopic (exact) mass is 462 g/mol. The largest absolute Gasteiger partial charge is 0.296 e. The van der Waals surface area contributed by atoms with Crippen LogP contribution in [0.5, 0.6) is 0 Å². The second kappa shape index (κ2) is 8.24. The molecule has 2 aromatic carbocycles. The zero-order chi connectivity index (χ0) is 20.5. The van der Waals surface area contributed by atoms with Crippen molar-refractivity contribution in [1.82, 2.24) is 15.2 Å². The maximum Gasteiger partial charge on any atom is 0.258 e. The quantitative estimate of drug-likeness (QED) is 0.349. The number of carbonyl (C=O) groups excluding carboxylic acids is 1. The van der Waals surface area contributed by atoms with Crippen LogP contribution >= 0.6 is 46.1 Å². The minimum Gasteiger partial charge on any atom is -0.296 e. The molecule has 2 aromatic heterocycles. The van der Waals surface area contributed by atoms with Gasteiger partial charge in [0.15, 0.2) is 0 Å². The standard InChI is InChI=1S/C20H13Cl3N4OS/c1-2-16-26-27-20(29-16)25-19(28)12-9-15(24-14-6-4-3-5-10(12)14)11-7-8-13(21)18(23)17(11)22/h3-9H,2H2,1H3,(H,25,27,28). The van der Waals surface area contributed by atoms with Crippen LogP contribution in [0.15, 0.2) is 42.5 Å². The number of nitrogens with zero attached hydrogens (tertiary/aromatic N) is 3. The number of anilines is 1. The summed E-state index contributed by atoms with van der Waals surface area (Å²) in [5, 5.41) is 13.8. The number of aryl methyl sites for hydroxylation is 1. The number of fused-ring (bicyclic) bond motifs is 1. The zero-order valence-electron chi connectivity index (χ0n) is 15.0. The molecule has 0 atom stereocenters. The number of rotatable bonds is 4. The Labute approximate surface area is 185 Å². The Morgan fingerprint density at radius 3 is 2.62 bits per heavy atom. The van der Waals surface area contributed by atoms with E-state index in [9.17, 15) is 4.79 Å². The molecule has 29 heavy (non-hydrogen) atoms. The Morgan fingerprint density at radius 1 is 1.07 bits per heavy atom. The number of halogens is 3. The summed E-state index contributed by atoms with van der Waals surface area (Å²) in [5.41, 5.74) is 2.21. The molecule has 9 heteroatoms. The van der Waals surface area contributed by atoms with Gasteiger partial charge in [0.25, 0.3) is 5.91 Å². The molecule has 0 bridgehead atoms. The van der Waals surface area contributed by atoms with Gasteiger partial charge in [0.1, 0.15) is 5.01 Å². The van der Waals surface area contributed by atoms with Crippen molar-refractivity contribution in [2.75, 3.05) is 5.32 Å². The lowest BCUT2D eigenvalue weighted by Gasteiger charge is -2.11. The molecule has 0 unspecified atom stereocenters. The van der Waals surface area contributed by atoms with E-state index < -0.39 is 0 Å². The Kier molecular flexibility index (Phi) is 5.69. The van der Waals surface area contributed by atoms with E-state index in [1.54, 1.807) is 18.2 Å². The van der Waals surface area contributed by atoms with E-state index in [1.807, 2.05) is 31.2 Å². The van der Waals surface area contributed by atoms with Gasteiger partial charge in [-0.2, -0.15) is 0 Å². The van der Waals surface area contributed by atoms with E-state index >= 15 is 0 Å². The molecule has 2 heterocycles. The first-order valence-electron chi connectivity index (χ1n) is 8.65. The van der Waals surface area contributed by atoms with Crippen LogP contribution in [-0.2, 0) is 6.42 Å². The lowest BCUT2D eigenvalue weighted by atomic mass is 10.0. The van der Waals surface area contributed by atoms with Gasteiger partial charge in [0.2, 0.25) is 5.13 Å². The smallest absolute Gasteiger partial charge is 0.258 e. The minimum atomic E-state index is -0.306. The van der Waals surface area contributed by atoms with Gasteiger partial charge >= 0.3 is 0 Å². The summed E-state index contributed by atoms with van der Waals surface area (Å²) >= 11 is 20.0. The van der Waals surface area contributed by atoms with E-state index in [0.717, 1.165) is 11.4 Å². The minimum absolute atomic E-state index is 0.243. The number of para-hydroxylation sites is 1. The molecule has 1 amide bonds. The first-order valence-corrected chi connectivity index (χ1v) is 10.6. The van der Waals surface area contributed by atoms with Gasteiger partial charge in [0, 0.05) is 10.9 Å². The Balaban J connectivity index is 1.83. The molecule has 0 fully saturated rings. The Bertz CT molecular complexity index is 1240. The SMILES string of the molecule is CCc1nnc(NC(=O)c2cc(-c3ccc(Cl)c(Cl)c3Cl)nc3ccccc23)s1. The van der Waals surface area contributed by atoms with E-state index in [2.05, 4.69) is 20.5 Å². The summed E-state index contributed by atoms with van der Waals surface area (Å²) in [6.07, 6.45) is 0.756. The van der Waals surface area contributed by atoms with Crippen LogP contribution in [0.1, 0.15) is 22.3 Å². The zero-order valence-corrected chi connectivity index (χ0v) is 18.1. The highest BCUT2D eigenvalue weighted by Gasteiger charge is 2.18. The van der Waals surface area contributed by atoms with E-state index in [1.165, 1.54) is 11.3 Å². The summed E-state index contributed by atoms with van der Waals surface area (Å²) in [4.78, 5) is 17.7. The highest BCUT2D eigenvalue weighted by atomic mass is 35.5. The number of hydrogen-bond acceptors (Lipinski definition) is 5. The molecule has 1 N–H and O–H groups in total. The van der Waals surface area contributed by atoms with Crippen LogP contribution in [0.25, 0.3) is 22.2 Å². The van der Waals surface area contributed by atoms with Gasteiger partial charge < -0.3 is 0 Å². The van der Waals surface area contributed by atoms with Crippen LogP contribution in [0.2, 0.25) is 15.1 Å². The van der Waals surface area contributed by atoms with Crippen LogP contribution in [0, 0.1) is 0 Å². The average molecular weight is 464 g/mol. The maximum atomic E-state index is 13.0. The molecular weight excluding hydrogens is 451 g/mol. The second-order valence-corrected chi connectivity index (χ2v) is 8.33. The fraction of sp³-hybridized carbons (Fsp3) is 0.100. The van der Waals surface area contributed by atoms with Crippen molar-refractivity contribution in [3.63, 3.8) is 0 Å². The van der Waals surface area contributed by atoms with Crippen molar-refractivity contribution >= 4 is 68.1 Å². The summed E-state index contributed by atoms with van der Waals surface area (Å²) in [7, 11) is 0. The normalized spacial score (nSPS) is 11.0. The van der Waals surface area contributed by atoms with Crippen molar-refractivity contribution in [3.05, 3.63) is 68.1 Å². The van der Waals surface area contributed by atoms with Crippen LogP contribution in [0.3, 0.4) is 0 Å². The van der Waals surface area contributed by atoms with Crippen LogP contribution in [0.4, 0.5) is 5.13 Å². The van der Waals surface area contributed by atoms with Gasteiger partial charge in [-0.15, -0.1) is 10.2 Å². The molecule has 0 aliphatic carbocycles. The number of aromatic nitrogens is 3. The predicted molar refractivity (Wildman–Crippen MR) is 119 cm³/mol. The topological polar surface area (TPSA) is 67.8 Å². The van der Waals surface area contributed by atoms with Crippen LogP contribution in [-0.4, -0.2) is 21.1 Å². The first kappa shape index (κ1) is 20.0. The number of pyridine rings is 1. The number of hydrogen-bond donors (Lipinski definition) is 1. The fourth-order valence-electron chi connectivity index (χ4n) is 2.84. The first-order chi connectivity index (χ1) is 14.0. The second-order valence-electron chi connectivity index (χ2n) is 6.10. The van der Waals surface area contributed by atoms with E-state index in [4.69, 9.17) is 34.8 Å². The summed E-state index contributed by atoms with van der Waals surface area (Å²) < 4.78 is 0. The van der Waals surface area contributed by atoms with Crippen molar-refractivity contribution in [2.24, 2.45) is 0 Å².